The first kappa shape index (κ1) is 28.8. The fourth-order valence-corrected chi connectivity index (χ4v) is 3.47. The van der Waals surface area contributed by atoms with Crippen LogP contribution in [-0.4, -0.2) is 28.6 Å². The van der Waals surface area contributed by atoms with Crippen LogP contribution in [0.1, 0.15) is 45.8 Å². The van der Waals surface area contributed by atoms with Gasteiger partial charge in [0.15, 0.2) is 11.4 Å². The van der Waals surface area contributed by atoms with Crippen molar-refractivity contribution in [1.82, 2.24) is 15.3 Å². The summed E-state index contributed by atoms with van der Waals surface area (Å²) in [5, 5.41) is 5.18. The molecule has 204 valence electrons. The monoisotopic (exact) mass is 536 g/mol. The first-order chi connectivity index (χ1) is 18.6. The lowest BCUT2D eigenvalue weighted by Gasteiger charge is -2.23. The third-order valence-corrected chi connectivity index (χ3v) is 5.71. The van der Waals surface area contributed by atoms with E-state index < -0.39 is 34.9 Å². The molecule has 0 radical (unpaired) electrons. The van der Waals surface area contributed by atoms with E-state index in [1.807, 2.05) is 6.07 Å². The Bertz CT molecular complexity index is 1420. The quantitative estimate of drug-likeness (QED) is 0.303. The predicted octanol–water partition coefficient (Wildman–Crippen LogP) is 4.06. The minimum Gasteiger partial charge on any atom is -0.482 e. The summed E-state index contributed by atoms with van der Waals surface area (Å²) in [7, 11) is 0. The molecule has 0 aliphatic rings. The van der Waals surface area contributed by atoms with E-state index in [2.05, 4.69) is 29.2 Å². The van der Waals surface area contributed by atoms with Crippen LogP contribution in [-0.2, 0) is 13.2 Å². The number of rotatable bonds is 12. The number of nitrogens with one attached hydrogen (secondary N) is 3. The Hall–Kier alpha value is -4.73. The van der Waals surface area contributed by atoms with Crippen molar-refractivity contribution in [2.24, 2.45) is 0 Å². The summed E-state index contributed by atoms with van der Waals surface area (Å²) in [4.78, 5) is 40.0. The first-order valence-corrected chi connectivity index (χ1v) is 12.2. The Morgan fingerprint density at radius 1 is 1.03 bits per heavy atom. The topological polar surface area (TPSA) is 101 Å². The standard InChI is InChI=1S/C29H30F2N4O4/c1-5-18(3)33-29(38)25-27(39-17-20-10-8-7-9-11-20)26(36)23(16-35(25)34-19(4)6-2)28(37)32-15-21-12-13-22(30)14-24(21)31/h5-14,16,18-19,34H,1-2,15,17H2,3-4H3,(H,32,37)(H,33,38)/t18-,19?/m1/s1. The lowest BCUT2D eigenvalue weighted by Crippen LogP contribution is -2.40. The Morgan fingerprint density at radius 3 is 2.36 bits per heavy atom. The van der Waals surface area contributed by atoms with E-state index in [1.54, 1.807) is 44.2 Å². The number of nitrogens with zero attached hydrogens (tertiary/aromatic N) is 1. The Kier molecular flexibility index (Phi) is 9.75. The number of ether oxygens (including phenoxy) is 1. The second kappa shape index (κ2) is 13.2. The van der Waals surface area contributed by atoms with Crippen molar-refractivity contribution in [2.75, 3.05) is 5.43 Å². The molecule has 0 aliphatic carbocycles. The highest BCUT2D eigenvalue weighted by atomic mass is 19.1. The van der Waals surface area contributed by atoms with Gasteiger partial charge in [-0.25, -0.2) is 8.78 Å². The number of carbonyl (C=O) groups is 2. The van der Waals surface area contributed by atoms with Gasteiger partial charge >= 0.3 is 0 Å². The molecule has 3 rings (SSSR count). The molecule has 8 nitrogen and oxygen atoms in total. The predicted molar refractivity (Wildman–Crippen MR) is 145 cm³/mol. The third kappa shape index (κ3) is 7.41. The molecular weight excluding hydrogens is 506 g/mol. The van der Waals surface area contributed by atoms with Crippen molar-refractivity contribution in [3.8, 4) is 5.75 Å². The van der Waals surface area contributed by atoms with Crippen LogP contribution in [0.4, 0.5) is 8.78 Å². The molecule has 3 aromatic rings. The zero-order valence-corrected chi connectivity index (χ0v) is 21.7. The normalized spacial score (nSPS) is 12.1. The van der Waals surface area contributed by atoms with E-state index >= 15 is 0 Å². The van der Waals surface area contributed by atoms with Crippen LogP contribution in [0.15, 0.2) is 84.8 Å². The Morgan fingerprint density at radius 2 is 1.72 bits per heavy atom. The molecule has 3 N–H and O–H groups in total. The maximum absolute atomic E-state index is 14.1. The minimum absolute atomic E-state index is 0.0263. The van der Waals surface area contributed by atoms with Gasteiger partial charge in [-0.3, -0.25) is 19.1 Å². The van der Waals surface area contributed by atoms with Gasteiger partial charge in [-0.1, -0.05) is 48.6 Å². The van der Waals surface area contributed by atoms with Gasteiger partial charge in [0.05, 0.1) is 6.04 Å². The number of aromatic nitrogens is 1. The molecule has 2 aromatic carbocycles. The maximum atomic E-state index is 14.1. The van der Waals surface area contributed by atoms with Gasteiger partial charge in [0.2, 0.25) is 5.43 Å². The van der Waals surface area contributed by atoms with Gasteiger partial charge in [-0.05, 0) is 25.5 Å². The number of halogens is 2. The summed E-state index contributed by atoms with van der Waals surface area (Å²) in [5.41, 5.74) is 2.37. The van der Waals surface area contributed by atoms with Gasteiger partial charge < -0.3 is 20.8 Å². The van der Waals surface area contributed by atoms with Crippen molar-refractivity contribution in [1.29, 1.82) is 0 Å². The molecule has 2 amide bonds. The summed E-state index contributed by atoms with van der Waals surface area (Å²) in [6, 6.07) is 11.1. The SMILES string of the molecule is C=CC(C)Nn1cc(C(=O)NCc2ccc(F)cc2F)c(=O)c(OCc2ccccc2)c1C(=O)N[C@H](C)C=C. The Balaban J connectivity index is 2.08. The average Bonchev–Trinajstić information content (AvgIpc) is 2.92. The van der Waals surface area contributed by atoms with Gasteiger partial charge in [-0.2, -0.15) is 0 Å². The fourth-order valence-electron chi connectivity index (χ4n) is 3.47. The van der Waals surface area contributed by atoms with Crippen molar-refractivity contribution in [3.05, 3.63) is 124 Å². The van der Waals surface area contributed by atoms with Crippen molar-refractivity contribution in [3.63, 3.8) is 0 Å². The average molecular weight is 537 g/mol. The minimum atomic E-state index is -0.846. The largest absolute Gasteiger partial charge is 0.482 e. The van der Waals surface area contributed by atoms with Crippen molar-refractivity contribution in [2.45, 2.75) is 39.1 Å². The smallest absolute Gasteiger partial charge is 0.274 e. The van der Waals surface area contributed by atoms with E-state index in [0.29, 0.717) is 6.07 Å². The van der Waals surface area contributed by atoms with E-state index in [0.717, 1.165) is 11.6 Å². The molecule has 0 fully saturated rings. The molecule has 2 atom stereocenters. The number of hydrogen-bond donors (Lipinski definition) is 3. The van der Waals surface area contributed by atoms with Gasteiger partial charge in [0.25, 0.3) is 11.8 Å². The third-order valence-electron chi connectivity index (χ3n) is 5.71. The van der Waals surface area contributed by atoms with Gasteiger partial charge in [0, 0.05) is 30.4 Å². The molecule has 0 saturated carbocycles. The number of carbonyl (C=O) groups excluding carboxylic acids is 2. The van der Waals surface area contributed by atoms with Crippen LogP contribution in [0.3, 0.4) is 0 Å². The molecule has 10 heteroatoms. The van der Waals surface area contributed by atoms with Gasteiger partial charge in [-0.15, -0.1) is 13.2 Å². The zero-order valence-electron chi connectivity index (χ0n) is 21.7. The summed E-state index contributed by atoms with van der Waals surface area (Å²) in [5.74, 6) is -3.46. The van der Waals surface area contributed by atoms with Crippen LogP contribution in [0, 0.1) is 11.6 Å². The number of pyridine rings is 1. The van der Waals surface area contributed by atoms with Crippen molar-refractivity contribution >= 4 is 11.8 Å². The summed E-state index contributed by atoms with van der Waals surface area (Å²) in [6.45, 7) is 10.5. The maximum Gasteiger partial charge on any atom is 0.274 e. The molecule has 1 unspecified atom stereocenters. The summed E-state index contributed by atoms with van der Waals surface area (Å²) < 4.78 is 34.4. The number of amides is 2. The highest BCUT2D eigenvalue weighted by Gasteiger charge is 2.27. The van der Waals surface area contributed by atoms with Crippen LogP contribution in [0.5, 0.6) is 5.75 Å². The highest BCUT2D eigenvalue weighted by molar-refractivity contribution is 5.99. The van der Waals surface area contributed by atoms with E-state index in [-0.39, 0.29) is 41.8 Å². The van der Waals surface area contributed by atoms with E-state index in [9.17, 15) is 23.2 Å². The molecule has 0 aliphatic heterocycles. The first-order valence-electron chi connectivity index (χ1n) is 12.2. The zero-order chi connectivity index (χ0) is 28.5. The molecule has 0 spiro atoms. The molecule has 1 heterocycles. The Labute approximate surface area is 225 Å². The van der Waals surface area contributed by atoms with Gasteiger partial charge in [0.1, 0.15) is 23.8 Å². The lowest BCUT2D eigenvalue weighted by atomic mass is 10.1. The second-order valence-corrected chi connectivity index (χ2v) is 8.76. The van der Waals surface area contributed by atoms with Crippen LogP contribution < -0.4 is 26.2 Å². The van der Waals surface area contributed by atoms with Crippen LogP contribution in [0.25, 0.3) is 0 Å². The lowest BCUT2D eigenvalue weighted by molar-refractivity contribution is 0.0921. The summed E-state index contributed by atoms with van der Waals surface area (Å²) >= 11 is 0. The fraction of sp³-hybridized carbons (Fsp3) is 0.207. The number of benzene rings is 2. The van der Waals surface area contributed by atoms with Crippen LogP contribution in [0.2, 0.25) is 0 Å². The van der Waals surface area contributed by atoms with E-state index in [1.165, 1.54) is 23.0 Å². The molecular formula is C29H30F2N4O4. The molecule has 0 saturated heterocycles. The van der Waals surface area contributed by atoms with Crippen LogP contribution >= 0.6 is 0 Å². The number of hydrogen-bond acceptors (Lipinski definition) is 5. The molecule has 0 bridgehead atoms. The second-order valence-electron chi connectivity index (χ2n) is 8.76. The summed E-state index contributed by atoms with van der Waals surface area (Å²) in [6.07, 6.45) is 4.25. The highest BCUT2D eigenvalue weighted by Crippen LogP contribution is 2.18. The molecule has 1 aromatic heterocycles. The van der Waals surface area contributed by atoms with E-state index in [4.69, 9.17) is 4.74 Å². The van der Waals surface area contributed by atoms with Crippen molar-refractivity contribution < 1.29 is 23.1 Å². The molecule has 39 heavy (non-hydrogen) atoms.